The zero-order chi connectivity index (χ0) is 24.2. The van der Waals surface area contributed by atoms with Gasteiger partial charge in [0.1, 0.15) is 0 Å². The number of nitrogens with zero attached hydrogens (tertiary/aromatic N) is 2. The minimum absolute atomic E-state index is 0.0311. The van der Waals surface area contributed by atoms with Gasteiger partial charge in [-0.1, -0.05) is 0 Å². The van der Waals surface area contributed by atoms with Gasteiger partial charge in [-0.3, -0.25) is 4.79 Å². The van der Waals surface area contributed by atoms with Crippen molar-refractivity contribution in [1.29, 1.82) is 0 Å². The number of nitrogens with one attached hydrogen (secondary N) is 1. The molecule has 1 heterocycles. The van der Waals surface area contributed by atoms with Crippen molar-refractivity contribution in [3.05, 3.63) is 53.6 Å². The lowest BCUT2D eigenvalue weighted by Crippen LogP contribution is -2.40. The van der Waals surface area contributed by atoms with Gasteiger partial charge < -0.3 is 15.0 Å². The Hall–Kier alpha value is -2.63. The summed E-state index contributed by atoms with van der Waals surface area (Å²) in [5.41, 5.74) is -0.254. The van der Waals surface area contributed by atoms with Crippen LogP contribution in [0.15, 0.2) is 47.4 Å². The van der Waals surface area contributed by atoms with Gasteiger partial charge in [0.05, 0.1) is 35.0 Å². The normalized spacial score (nSPS) is 15.3. The van der Waals surface area contributed by atoms with Gasteiger partial charge in [-0.15, -0.1) is 0 Å². The van der Waals surface area contributed by atoms with Gasteiger partial charge in [-0.2, -0.15) is 17.5 Å². The Morgan fingerprint density at radius 3 is 2.21 bits per heavy atom. The van der Waals surface area contributed by atoms with Crippen molar-refractivity contribution in [2.75, 3.05) is 49.6 Å². The fourth-order valence-electron chi connectivity index (χ4n) is 3.56. The monoisotopic (exact) mass is 485 g/mol. The van der Waals surface area contributed by atoms with E-state index in [1.165, 1.54) is 34.6 Å². The summed E-state index contributed by atoms with van der Waals surface area (Å²) in [6, 6.07) is 8.54. The molecule has 1 amide bonds. The molecule has 0 atom stereocenters. The number of morpholine rings is 1. The van der Waals surface area contributed by atoms with Crippen LogP contribution >= 0.6 is 0 Å². The minimum atomic E-state index is -4.56. The summed E-state index contributed by atoms with van der Waals surface area (Å²) in [5, 5.41) is 2.55. The second-order valence-electron chi connectivity index (χ2n) is 7.40. The highest BCUT2D eigenvalue weighted by Gasteiger charge is 2.32. The molecule has 3 rings (SSSR count). The third-order valence-electron chi connectivity index (χ3n) is 5.40. The van der Waals surface area contributed by atoms with Crippen molar-refractivity contribution in [1.82, 2.24) is 4.31 Å². The first kappa shape index (κ1) is 25.0. The number of halogens is 3. The van der Waals surface area contributed by atoms with Crippen molar-refractivity contribution >= 4 is 27.3 Å². The van der Waals surface area contributed by atoms with Gasteiger partial charge in [0.15, 0.2) is 0 Å². The smallest absolute Gasteiger partial charge is 0.379 e. The lowest BCUT2D eigenvalue weighted by molar-refractivity contribution is -0.137. The van der Waals surface area contributed by atoms with Gasteiger partial charge in [-0.25, -0.2) is 8.42 Å². The van der Waals surface area contributed by atoms with Crippen LogP contribution in [-0.2, 0) is 20.9 Å². The molecule has 0 saturated carbocycles. The van der Waals surface area contributed by atoms with E-state index in [4.69, 9.17) is 4.74 Å². The molecule has 33 heavy (non-hydrogen) atoms. The molecule has 7 nitrogen and oxygen atoms in total. The van der Waals surface area contributed by atoms with Crippen LogP contribution in [0.4, 0.5) is 24.5 Å². The van der Waals surface area contributed by atoms with Gasteiger partial charge in [0, 0.05) is 31.7 Å². The maximum Gasteiger partial charge on any atom is 0.416 e. The molecular weight excluding hydrogens is 459 g/mol. The molecule has 11 heteroatoms. The van der Waals surface area contributed by atoms with Crippen molar-refractivity contribution in [2.45, 2.75) is 24.9 Å². The van der Waals surface area contributed by atoms with Crippen molar-refractivity contribution < 1.29 is 31.1 Å². The molecular formula is C22H26F3N3O4S. The number of hydrogen-bond acceptors (Lipinski definition) is 5. The van der Waals surface area contributed by atoms with E-state index in [2.05, 4.69) is 5.32 Å². The van der Waals surface area contributed by atoms with Gasteiger partial charge >= 0.3 is 6.18 Å². The van der Waals surface area contributed by atoms with E-state index in [1.54, 1.807) is 0 Å². The maximum atomic E-state index is 13.2. The van der Waals surface area contributed by atoms with Crippen LogP contribution in [0, 0.1) is 0 Å². The lowest BCUT2D eigenvalue weighted by Gasteiger charge is -2.26. The Balaban J connectivity index is 1.86. The zero-order valence-electron chi connectivity index (χ0n) is 18.4. The molecule has 180 valence electrons. The van der Waals surface area contributed by atoms with Crippen molar-refractivity contribution in [3.63, 3.8) is 0 Å². The third kappa shape index (κ3) is 5.66. The molecule has 2 aromatic carbocycles. The number of alkyl halides is 3. The van der Waals surface area contributed by atoms with Crippen LogP contribution < -0.4 is 10.2 Å². The first-order valence-corrected chi connectivity index (χ1v) is 12.0. The van der Waals surface area contributed by atoms with Crippen LogP contribution in [0.2, 0.25) is 0 Å². The Kier molecular flexibility index (Phi) is 7.65. The number of carbonyl (C=O) groups excluding carboxylic acids is 1. The average molecular weight is 486 g/mol. The molecule has 0 spiro atoms. The fraction of sp³-hybridized carbons (Fsp3) is 0.409. The predicted molar refractivity (Wildman–Crippen MR) is 119 cm³/mol. The summed E-state index contributed by atoms with van der Waals surface area (Å²) >= 11 is 0. The van der Waals surface area contributed by atoms with E-state index >= 15 is 0 Å². The van der Waals surface area contributed by atoms with Crippen LogP contribution in [-0.4, -0.2) is 58.0 Å². The van der Waals surface area contributed by atoms with Gasteiger partial charge in [-0.05, 0) is 56.3 Å². The van der Waals surface area contributed by atoms with Crippen LogP contribution in [0.1, 0.15) is 29.8 Å². The standard InChI is InChI=1S/C22H26F3N3O4S/c1-3-27(4-2)20-10-7-17(22(23,24)25)15-19(20)26-21(29)16-5-8-18(9-6-16)33(30,31)28-11-13-32-14-12-28/h5-10,15H,3-4,11-14H2,1-2H3,(H,26,29). The maximum absolute atomic E-state index is 13.2. The first-order valence-electron chi connectivity index (χ1n) is 10.5. The van der Waals surface area contributed by atoms with Crippen LogP contribution in [0.3, 0.4) is 0 Å². The number of benzene rings is 2. The minimum Gasteiger partial charge on any atom is -0.379 e. The molecule has 1 aliphatic heterocycles. The third-order valence-corrected chi connectivity index (χ3v) is 7.31. The van der Waals surface area contributed by atoms with Crippen LogP contribution in [0.5, 0.6) is 0 Å². The highest BCUT2D eigenvalue weighted by atomic mass is 32.2. The summed E-state index contributed by atoms with van der Waals surface area (Å²) < 4.78 is 71.7. The fourth-order valence-corrected chi connectivity index (χ4v) is 4.97. The molecule has 0 aromatic heterocycles. The number of hydrogen-bond donors (Lipinski definition) is 1. The van der Waals surface area contributed by atoms with E-state index < -0.39 is 27.7 Å². The van der Waals surface area contributed by atoms with Gasteiger partial charge in [0.2, 0.25) is 10.0 Å². The summed E-state index contributed by atoms with van der Waals surface area (Å²) in [5.74, 6) is -0.641. The number of ether oxygens (including phenoxy) is 1. The van der Waals surface area contributed by atoms with E-state index in [-0.39, 0.29) is 29.2 Å². The highest BCUT2D eigenvalue weighted by molar-refractivity contribution is 7.89. The van der Waals surface area contributed by atoms with E-state index in [0.717, 1.165) is 12.1 Å². The van der Waals surface area contributed by atoms with E-state index in [9.17, 15) is 26.4 Å². The largest absolute Gasteiger partial charge is 0.416 e. The van der Waals surface area contributed by atoms with E-state index in [0.29, 0.717) is 32.0 Å². The molecule has 1 aliphatic rings. The first-order chi connectivity index (χ1) is 15.6. The topological polar surface area (TPSA) is 79.0 Å². The molecule has 1 saturated heterocycles. The lowest BCUT2D eigenvalue weighted by atomic mass is 10.1. The Morgan fingerprint density at radius 1 is 1.06 bits per heavy atom. The second kappa shape index (κ2) is 10.1. The Bertz CT molecular complexity index is 1080. The number of anilines is 2. The summed E-state index contributed by atoms with van der Waals surface area (Å²) in [6.45, 7) is 5.91. The SMILES string of the molecule is CCN(CC)c1ccc(C(F)(F)F)cc1NC(=O)c1ccc(S(=O)(=O)N2CCOCC2)cc1. The predicted octanol–water partition coefficient (Wildman–Crippen LogP) is 3.82. The van der Waals surface area contributed by atoms with Gasteiger partial charge in [0.25, 0.3) is 5.91 Å². The summed E-state index contributed by atoms with van der Waals surface area (Å²) in [4.78, 5) is 14.7. The quantitative estimate of drug-likeness (QED) is 0.645. The van der Waals surface area contributed by atoms with Crippen molar-refractivity contribution in [2.24, 2.45) is 0 Å². The molecule has 0 aliphatic carbocycles. The number of sulfonamides is 1. The Labute approximate surface area is 191 Å². The zero-order valence-corrected chi connectivity index (χ0v) is 19.2. The number of amides is 1. The molecule has 1 fully saturated rings. The van der Waals surface area contributed by atoms with E-state index in [1.807, 2.05) is 18.7 Å². The number of rotatable bonds is 7. The van der Waals surface area contributed by atoms with Crippen molar-refractivity contribution in [3.8, 4) is 0 Å². The summed E-state index contributed by atoms with van der Waals surface area (Å²) in [7, 11) is -3.72. The summed E-state index contributed by atoms with van der Waals surface area (Å²) in [6.07, 6.45) is -4.56. The molecule has 0 bridgehead atoms. The molecule has 2 aromatic rings. The molecule has 0 radical (unpaired) electrons. The highest BCUT2D eigenvalue weighted by Crippen LogP contribution is 2.35. The second-order valence-corrected chi connectivity index (χ2v) is 9.33. The average Bonchev–Trinajstić information content (AvgIpc) is 2.80. The van der Waals surface area contributed by atoms with Crippen LogP contribution in [0.25, 0.3) is 0 Å². The molecule has 0 unspecified atom stereocenters. The number of carbonyl (C=O) groups is 1. The Morgan fingerprint density at radius 2 is 1.67 bits per heavy atom. The molecule has 1 N–H and O–H groups in total.